The molecule has 1 saturated heterocycles. The third-order valence-electron chi connectivity index (χ3n) is 2.06. The quantitative estimate of drug-likeness (QED) is 0.680. The Morgan fingerprint density at radius 3 is 2.40 bits per heavy atom. The normalized spacial score (nSPS) is 36.7. The Morgan fingerprint density at radius 1 is 1.53 bits per heavy atom. The summed E-state index contributed by atoms with van der Waals surface area (Å²) in [6.45, 7) is 1.87. The largest absolute Gasteiger partial charge is 0.457 e. The van der Waals surface area contributed by atoms with Crippen LogP contribution in [0.3, 0.4) is 0 Å². The highest BCUT2D eigenvalue weighted by Gasteiger charge is 2.63. The second-order valence-electron chi connectivity index (χ2n) is 3.79. The molecule has 1 N–H and O–H groups in total. The van der Waals surface area contributed by atoms with Gasteiger partial charge in [0.05, 0.1) is 13.0 Å². The van der Waals surface area contributed by atoms with Crippen molar-refractivity contribution >= 4 is 5.97 Å². The number of rotatable bonds is 1. The van der Waals surface area contributed by atoms with Crippen molar-refractivity contribution in [2.75, 3.05) is 6.61 Å². The highest BCUT2D eigenvalue weighted by molar-refractivity contribution is 5.66. The van der Waals surface area contributed by atoms with Gasteiger partial charge in [-0.2, -0.15) is 13.2 Å². The van der Waals surface area contributed by atoms with E-state index in [-0.39, 0.29) is 0 Å². The lowest BCUT2D eigenvalue weighted by molar-refractivity contribution is -0.349. The summed E-state index contributed by atoms with van der Waals surface area (Å²) < 4.78 is 45.9. The fraction of sp³-hybridized carbons (Fsp3) is 0.875. The number of aliphatic hydroxyl groups is 1. The topological polar surface area (TPSA) is 55.8 Å². The van der Waals surface area contributed by atoms with E-state index in [0.717, 1.165) is 6.92 Å². The van der Waals surface area contributed by atoms with E-state index < -0.39 is 36.6 Å². The maximum Gasteiger partial charge on any atom is 0.443 e. The number of hydrogen-bond donors (Lipinski definition) is 1. The number of esters is 1. The molecule has 1 aliphatic heterocycles. The predicted molar refractivity (Wildman–Crippen MR) is 41.7 cm³/mol. The lowest BCUT2D eigenvalue weighted by atomic mass is 10.00. The molecular weight excluding hydrogens is 217 g/mol. The second kappa shape index (κ2) is 3.34. The molecule has 4 nitrogen and oxygen atoms in total. The minimum absolute atomic E-state index is 0.484. The van der Waals surface area contributed by atoms with E-state index in [9.17, 15) is 18.0 Å². The molecule has 0 bridgehead atoms. The Labute approximate surface area is 84.0 Å². The van der Waals surface area contributed by atoms with E-state index in [2.05, 4.69) is 9.47 Å². The van der Waals surface area contributed by atoms with Crippen molar-refractivity contribution in [1.82, 2.24) is 0 Å². The van der Waals surface area contributed by atoms with E-state index in [4.69, 9.17) is 5.11 Å². The van der Waals surface area contributed by atoms with Crippen LogP contribution in [0.2, 0.25) is 0 Å². The zero-order valence-electron chi connectivity index (χ0n) is 8.22. The Morgan fingerprint density at radius 2 is 2.07 bits per heavy atom. The monoisotopic (exact) mass is 228 g/mol. The molecule has 88 valence electrons. The average molecular weight is 228 g/mol. The van der Waals surface area contributed by atoms with Crippen molar-refractivity contribution in [3.63, 3.8) is 0 Å². The Kier molecular flexibility index (Phi) is 2.73. The fourth-order valence-corrected chi connectivity index (χ4v) is 1.48. The van der Waals surface area contributed by atoms with Crippen molar-refractivity contribution in [2.24, 2.45) is 0 Å². The van der Waals surface area contributed by atoms with Crippen LogP contribution in [0.4, 0.5) is 13.2 Å². The van der Waals surface area contributed by atoms with Gasteiger partial charge >= 0.3 is 12.1 Å². The minimum atomic E-state index is -4.90. The van der Waals surface area contributed by atoms with Crippen LogP contribution in [0.1, 0.15) is 20.3 Å². The minimum Gasteiger partial charge on any atom is -0.457 e. The van der Waals surface area contributed by atoms with E-state index in [1.807, 2.05) is 0 Å². The molecule has 7 heteroatoms. The molecule has 1 heterocycles. The summed E-state index contributed by atoms with van der Waals surface area (Å²) >= 11 is 0. The van der Waals surface area contributed by atoms with E-state index >= 15 is 0 Å². The summed E-state index contributed by atoms with van der Waals surface area (Å²) in [7, 11) is 0. The molecule has 0 aromatic heterocycles. The number of hydrogen-bond acceptors (Lipinski definition) is 4. The van der Waals surface area contributed by atoms with Gasteiger partial charge in [0, 0.05) is 6.92 Å². The van der Waals surface area contributed by atoms with Gasteiger partial charge < -0.3 is 14.6 Å². The first-order valence-electron chi connectivity index (χ1n) is 4.21. The van der Waals surface area contributed by atoms with Crippen LogP contribution in [0.5, 0.6) is 0 Å². The standard InChI is InChI=1S/C8H11F3O4/c1-5(12)15-6(2)3-7(13,14-4-6)8(9,10)11/h13H,3-4H2,1-2H3. The van der Waals surface area contributed by atoms with Crippen molar-refractivity contribution in [3.8, 4) is 0 Å². The van der Waals surface area contributed by atoms with Gasteiger partial charge in [0.2, 0.25) is 0 Å². The molecule has 0 spiro atoms. The summed E-state index contributed by atoms with van der Waals surface area (Å²) in [6, 6.07) is 0. The lowest BCUT2D eigenvalue weighted by Crippen LogP contribution is -2.46. The van der Waals surface area contributed by atoms with Gasteiger partial charge in [-0.1, -0.05) is 0 Å². The molecule has 0 radical (unpaired) electrons. The molecule has 2 unspecified atom stereocenters. The van der Waals surface area contributed by atoms with Gasteiger partial charge in [-0.05, 0) is 6.92 Å². The SMILES string of the molecule is CC(=O)OC1(C)COC(O)(C(F)(F)F)C1. The van der Waals surface area contributed by atoms with Crippen molar-refractivity contribution in [1.29, 1.82) is 0 Å². The highest BCUT2D eigenvalue weighted by atomic mass is 19.4. The van der Waals surface area contributed by atoms with Gasteiger partial charge in [0.15, 0.2) is 0 Å². The molecular formula is C8H11F3O4. The first-order valence-corrected chi connectivity index (χ1v) is 4.21. The van der Waals surface area contributed by atoms with Gasteiger partial charge in [-0.3, -0.25) is 4.79 Å². The molecule has 0 aromatic carbocycles. The first kappa shape index (κ1) is 12.3. The second-order valence-corrected chi connectivity index (χ2v) is 3.79. The molecule has 0 aliphatic carbocycles. The van der Waals surface area contributed by atoms with Gasteiger partial charge in [-0.25, -0.2) is 0 Å². The zero-order valence-corrected chi connectivity index (χ0v) is 8.22. The van der Waals surface area contributed by atoms with E-state index in [1.54, 1.807) is 0 Å². The van der Waals surface area contributed by atoms with Gasteiger partial charge in [-0.15, -0.1) is 0 Å². The van der Waals surface area contributed by atoms with Crippen LogP contribution in [-0.2, 0) is 14.3 Å². The van der Waals surface area contributed by atoms with Crippen molar-refractivity contribution in [2.45, 2.75) is 37.8 Å². The third-order valence-corrected chi connectivity index (χ3v) is 2.06. The molecule has 2 atom stereocenters. The summed E-state index contributed by atoms with van der Waals surface area (Å²) in [4.78, 5) is 10.6. The van der Waals surface area contributed by atoms with Gasteiger partial charge in [0.1, 0.15) is 5.60 Å². The summed E-state index contributed by atoms with van der Waals surface area (Å²) in [5.74, 6) is -3.94. The molecule has 0 amide bonds. The predicted octanol–water partition coefficient (Wildman–Crippen LogP) is 0.979. The smallest absolute Gasteiger partial charge is 0.443 e. The maximum absolute atomic E-state index is 12.3. The Bertz CT molecular complexity index is 278. The number of carbonyl (C=O) groups is 1. The summed E-state index contributed by atoms with van der Waals surface area (Å²) in [6.07, 6.45) is -5.71. The number of carbonyl (C=O) groups excluding carboxylic acids is 1. The average Bonchev–Trinajstić information content (AvgIpc) is 2.24. The van der Waals surface area contributed by atoms with Crippen molar-refractivity contribution < 1.29 is 32.5 Å². The van der Waals surface area contributed by atoms with E-state index in [0.29, 0.717) is 0 Å². The molecule has 0 saturated carbocycles. The highest BCUT2D eigenvalue weighted by Crippen LogP contribution is 2.43. The molecule has 15 heavy (non-hydrogen) atoms. The third kappa shape index (κ3) is 2.40. The van der Waals surface area contributed by atoms with E-state index in [1.165, 1.54) is 6.92 Å². The van der Waals surface area contributed by atoms with Crippen LogP contribution in [0, 0.1) is 0 Å². The molecule has 1 aliphatic rings. The van der Waals surface area contributed by atoms with Crippen molar-refractivity contribution in [3.05, 3.63) is 0 Å². The number of alkyl halides is 3. The van der Waals surface area contributed by atoms with Gasteiger partial charge in [0.25, 0.3) is 5.79 Å². The molecule has 1 fully saturated rings. The Hall–Kier alpha value is -0.820. The maximum atomic E-state index is 12.3. The number of halogens is 3. The zero-order chi connectivity index (χ0) is 11.9. The molecule has 1 rings (SSSR count). The first-order chi connectivity index (χ1) is 6.58. The number of ether oxygens (including phenoxy) is 2. The van der Waals surface area contributed by atoms with Crippen LogP contribution >= 0.6 is 0 Å². The Balaban J connectivity index is 2.78. The van der Waals surface area contributed by atoms with Crippen LogP contribution in [0.15, 0.2) is 0 Å². The van der Waals surface area contributed by atoms with Crippen LogP contribution < -0.4 is 0 Å². The fourth-order valence-electron chi connectivity index (χ4n) is 1.48. The lowest BCUT2D eigenvalue weighted by Gasteiger charge is -2.26. The van der Waals surface area contributed by atoms with Crippen LogP contribution in [0.25, 0.3) is 0 Å². The summed E-state index contributed by atoms with van der Waals surface area (Å²) in [5.41, 5.74) is -1.43. The molecule has 0 aromatic rings. The van der Waals surface area contributed by atoms with Crippen LogP contribution in [-0.4, -0.2) is 35.2 Å². The summed E-state index contributed by atoms with van der Waals surface area (Å²) in [5, 5.41) is 9.14.